The zero-order valence-electron chi connectivity index (χ0n) is 10.1. The van der Waals surface area contributed by atoms with Gasteiger partial charge >= 0.3 is 0 Å². The highest BCUT2D eigenvalue weighted by molar-refractivity contribution is 4.70. The van der Waals surface area contributed by atoms with Crippen LogP contribution in [0, 0.1) is 0 Å². The highest BCUT2D eigenvalue weighted by atomic mass is 16.5. The summed E-state index contributed by atoms with van der Waals surface area (Å²) in [5.41, 5.74) is 5.78. The van der Waals surface area contributed by atoms with Crippen LogP contribution in [-0.4, -0.2) is 43.3 Å². The van der Waals surface area contributed by atoms with Crippen molar-refractivity contribution in [3.63, 3.8) is 0 Å². The third kappa shape index (κ3) is 6.35. The topological polar surface area (TPSA) is 38.5 Å². The van der Waals surface area contributed by atoms with Gasteiger partial charge in [-0.3, -0.25) is 4.90 Å². The first-order chi connectivity index (χ1) is 6.61. The summed E-state index contributed by atoms with van der Waals surface area (Å²) in [6, 6.07) is 0.839. The summed E-state index contributed by atoms with van der Waals surface area (Å²) in [5, 5.41) is 0. The minimum Gasteiger partial charge on any atom is -0.380 e. The van der Waals surface area contributed by atoms with Gasteiger partial charge in [-0.05, 0) is 33.7 Å². The van der Waals surface area contributed by atoms with E-state index in [-0.39, 0.29) is 6.04 Å². The van der Waals surface area contributed by atoms with Gasteiger partial charge in [0.2, 0.25) is 0 Å². The Kier molecular flexibility index (Phi) is 8.14. The fourth-order valence-electron chi connectivity index (χ4n) is 1.70. The second-order valence-corrected chi connectivity index (χ2v) is 3.89. The minimum atomic E-state index is 0.283. The standard InChI is InChI=1S/C11H26N2O/c1-5-13(7-8-14-6-2)11(4)9-10(3)12/h10-11H,5-9,12H2,1-4H3. The summed E-state index contributed by atoms with van der Waals surface area (Å²) in [6.07, 6.45) is 1.06. The van der Waals surface area contributed by atoms with E-state index in [1.165, 1.54) is 0 Å². The van der Waals surface area contributed by atoms with Crippen LogP contribution in [0.5, 0.6) is 0 Å². The Balaban J connectivity index is 3.74. The van der Waals surface area contributed by atoms with E-state index in [0.717, 1.165) is 32.7 Å². The minimum absolute atomic E-state index is 0.283. The summed E-state index contributed by atoms with van der Waals surface area (Å²) >= 11 is 0. The molecule has 14 heavy (non-hydrogen) atoms. The summed E-state index contributed by atoms with van der Waals surface area (Å²) in [7, 11) is 0. The Bertz CT molecular complexity index is 128. The Morgan fingerprint density at radius 2 is 1.93 bits per heavy atom. The van der Waals surface area contributed by atoms with Crippen molar-refractivity contribution < 1.29 is 4.74 Å². The summed E-state index contributed by atoms with van der Waals surface area (Å²) in [6.45, 7) is 12.2. The summed E-state index contributed by atoms with van der Waals surface area (Å²) in [4.78, 5) is 2.42. The molecule has 0 aromatic carbocycles. The molecule has 0 radical (unpaired) electrons. The fourth-order valence-corrected chi connectivity index (χ4v) is 1.70. The Labute approximate surface area is 88.6 Å². The van der Waals surface area contributed by atoms with Gasteiger partial charge in [0.05, 0.1) is 6.61 Å². The molecule has 0 rings (SSSR count). The van der Waals surface area contributed by atoms with Crippen LogP contribution >= 0.6 is 0 Å². The molecular formula is C11H26N2O. The van der Waals surface area contributed by atoms with Crippen LogP contribution in [-0.2, 0) is 4.74 Å². The van der Waals surface area contributed by atoms with Crippen molar-refractivity contribution in [2.75, 3.05) is 26.3 Å². The van der Waals surface area contributed by atoms with Gasteiger partial charge in [0, 0.05) is 25.2 Å². The molecule has 0 saturated heterocycles. The first-order valence-corrected chi connectivity index (χ1v) is 5.69. The normalized spacial score (nSPS) is 15.9. The number of nitrogens with zero attached hydrogens (tertiary/aromatic N) is 1. The van der Waals surface area contributed by atoms with Crippen LogP contribution in [0.15, 0.2) is 0 Å². The van der Waals surface area contributed by atoms with Crippen LogP contribution < -0.4 is 5.73 Å². The largest absolute Gasteiger partial charge is 0.380 e. The molecule has 0 aliphatic heterocycles. The van der Waals surface area contributed by atoms with Crippen LogP contribution in [0.3, 0.4) is 0 Å². The molecule has 0 fully saturated rings. The first kappa shape index (κ1) is 13.9. The van der Waals surface area contributed by atoms with E-state index in [4.69, 9.17) is 10.5 Å². The van der Waals surface area contributed by atoms with Gasteiger partial charge in [0.15, 0.2) is 0 Å². The van der Waals surface area contributed by atoms with E-state index in [1.54, 1.807) is 0 Å². The van der Waals surface area contributed by atoms with Gasteiger partial charge in [0.25, 0.3) is 0 Å². The molecule has 0 aliphatic rings. The van der Waals surface area contributed by atoms with E-state index in [9.17, 15) is 0 Å². The van der Waals surface area contributed by atoms with E-state index in [1.807, 2.05) is 6.92 Å². The first-order valence-electron chi connectivity index (χ1n) is 5.69. The van der Waals surface area contributed by atoms with Crippen LogP contribution in [0.4, 0.5) is 0 Å². The molecule has 0 aromatic rings. The quantitative estimate of drug-likeness (QED) is 0.606. The van der Waals surface area contributed by atoms with E-state index in [0.29, 0.717) is 6.04 Å². The van der Waals surface area contributed by atoms with Gasteiger partial charge < -0.3 is 10.5 Å². The van der Waals surface area contributed by atoms with Gasteiger partial charge in [-0.1, -0.05) is 6.92 Å². The Morgan fingerprint density at radius 3 is 2.36 bits per heavy atom. The number of ether oxygens (including phenoxy) is 1. The highest BCUT2D eigenvalue weighted by Gasteiger charge is 2.12. The Morgan fingerprint density at radius 1 is 1.29 bits per heavy atom. The molecule has 2 atom stereocenters. The molecule has 0 aliphatic carbocycles. The molecule has 86 valence electrons. The number of likely N-dealkylation sites (N-methyl/N-ethyl adjacent to an activating group) is 1. The Hall–Kier alpha value is -0.120. The molecule has 0 amide bonds. The van der Waals surface area contributed by atoms with Gasteiger partial charge in [-0.25, -0.2) is 0 Å². The second kappa shape index (κ2) is 8.21. The molecule has 2 unspecified atom stereocenters. The predicted molar refractivity (Wildman–Crippen MR) is 61.5 cm³/mol. The predicted octanol–water partition coefficient (Wildman–Crippen LogP) is 1.47. The van der Waals surface area contributed by atoms with Crippen molar-refractivity contribution >= 4 is 0 Å². The number of hydrogen-bond acceptors (Lipinski definition) is 3. The van der Waals surface area contributed by atoms with Crippen molar-refractivity contribution in [2.24, 2.45) is 5.73 Å². The molecule has 3 heteroatoms. The highest BCUT2D eigenvalue weighted by Crippen LogP contribution is 2.05. The lowest BCUT2D eigenvalue weighted by atomic mass is 10.1. The molecule has 0 aromatic heterocycles. The number of hydrogen-bond donors (Lipinski definition) is 1. The fraction of sp³-hybridized carbons (Fsp3) is 1.00. The third-order valence-corrected chi connectivity index (χ3v) is 2.47. The third-order valence-electron chi connectivity index (χ3n) is 2.47. The molecular weight excluding hydrogens is 176 g/mol. The maximum absolute atomic E-state index is 5.78. The molecule has 2 N–H and O–H groups in total. The van der Waals surface area contributed by atoms with Gasteiger partial charge in [-0.15, -0.1) is 0 Å². The van der Waals surface area contributed by atoms with Crippen molar-refractivity contribution in [3.05, 3.63) is 0 Å². The monoisotopic (exact) mass is 202 g/mol. The average Bonchev–Trinajstić information content (AvgIpc) is 2.11. The maximum Gasteiger partial charge on any atom is 0.0593 e. The maximum atomic E-state index is 5.78. The number of nitrogens with two attached hydrogens (primary N) is 1. The zero-order chi connectivity index (χ0) is 11.0. The van der Waals surface area contributed by atoms with Crippen LogP contribution in [0.2, 0.25) is 0 Å². The lowest BCUT2D eigenvalue weighted by Crippen LogP contribution is -2.38. The van der Waals surface area contributed by atoms with Crippen molar-refractivity contribution in [1.82, 2.24) is 4.90 Å². The summed E-state index contributed by atoms with van der Waals surface area (Å²) in [5.74, 6) is 0. The van der Waals surface area contributed by atoms with E-state index >= 15 is 0 Å². The lowest BCUT2D eigenvalue weighted by molar-refractivity contribution is 0.0969. The smallest absolute Gasteiger partial charge is 0.0593 e. The molecule has 0 spiro atoms. The van der Waals surface area contributed by atoms with Crippen molar-refractivity contribution in [3.8, 4) is 0 Å². The van der Waals surface area contributed by atoms with Crippen molar-refractivity contribution in [2.45, 2.75) is 46.2 Å². The SMILES string of the molecule is CCOCCN(CC)C(C)CC(C)N. The molecule has 3 nitrogen and oxygen atoms in total. The van der Waals surface area contributed by atoms with Crippen LogP contribution in [0.1, 0.15) is 34.1 Å². The van der Waals surface area contributed by atoms with Crippen molar-refractivity contribution in [1.29, 1.82) is 0 Å². The second-order valence-electron chi connectivity index (χ2n) is 3.89. The van der Waals surface area contributed by atoms with E-state index < -0.39 is 0 Å². The van der Waals surface area contributed by atoms with E-state index in [2.05, 4.69) is 25.7 Å². The number of rotatable bonds is 8. The molecule has 0 saturated carbocycles. The molecule has 0 bridgehead atoms. The summed E-state index contributed by atoms with van der Waals surface area (Å²) < 4.78 is 5.35. The van der Waals surface area contributed by atoms with Gasteiger partial charge in [-0.2, -0.15) is 0 Å². The van der Waals surface area contributed by atoms with Gasteiger partial charge in [0.1, 0.15) is 0 Å². The zero-order valence-corrected chi connectivity index (χ0v) is 10.1. The molecule has 0 heterocycles. The van der Waals surface area contributed by atoms with Crippen LogP contribution in [0.25, 0.3) is 0 Å². The lowest BCUT2D eigenvalue weighted by Gasteiger charge is -2.28. The average molecular weight is 202 g/mol.